The fourth-order valence-corrected chi connectivity index (χ4v) is 2.15. The maximum atomic E-state index is 9.89. The Bertz CT molecular complexity index is 500. The number of hydrogen-bond donors (Lipinski definition) is 1. The lowest BCUT2D eigenvalue weighted by atomic mass is 10.0. The Hall–Kier alpha value is -1.77. The third-order valence-corrected chi connectivity index (χ3v) is 2.90. The molecule has 3 nitrogen and oxygen atoms in total. The lowest BCUT2D eigenvalue weighted by Crippen LogP contribution is -2.05. The molecule has 2 aromatic rings. The topological polar surface area (TPSA) is 38.1 Å². The SMILES string of the molecule is CCc1c(O)nn(-c2ccccc2)c1C(C)C. The number of hydrogen-bond acceptors (Lipinski definition) is 2. The zero-order chi connectivity index (χ0) is 12.4. The van der Waals surface area contributed by atoms with Crippen molar-refractivity contribution in [1.82, 2.24) is 9.78 Å². The van der Waals surface area contributed by atoms with Gasteiger partial charge in [0.1, 0.15) is 0 Å². The van der Waals surface area contributed by atoms with Gasteiger partial charge in [0.05, 0.1) is 11.4 Å². The van der Waals surface area contributed by atoms with Crippen LogP contribution in [0, 0.1) is 0 Å². The number of benzene rings is 1. The molecular formula is C14H18N2O. The Kier molecular flexibility index (Phi) is 3.18. The van der Waals surface area contributed by atoms with Gasteiger partial charge >= 0.3 is 0 Å². The highest BCUT2D eigenvalue weighted by molar-refractivity contribution is 5.40. The fourth-order valence-electron chi connectivity index (χ4n) is 2.15. The summed E-state index contributed by atoms with van der Waals surface area (Å²) in [7, 11) is 0. The molecule has 1 heterocycles. The number of nitrogens with zero attached hydrogens (tertiary/aromatic N) is 2. The molecule has 0 saturated heterocycles. The van der Waals surface area contributed by atoms with Gasteiger partial charge in [-0.3, -0.25) is 0 Å². The van der Waals surface area contributed by atoms with Crippen LogP contribution in [-0.2, 0) is 6.42 Å². The van der Waals surface area contributed by atoms with E-state index in [1.165, 1.54) is 0 Å². The molecule has 17 heavy (non-hydrogen) atoms. The van der Waals surface area contributed by atoms with Crippen LogP contribution in [0.15, 0.2) is 30.3 Å². The van der Waals surface area contributed by atoms with Crippen LogP contribution in [0.4, 0.5) is 0 Å². The molecule has 0 fully saturated rings. The molecule has 3 heteroatoms. The van der Waals surface area contributed by atoms with Gasteiger partial charge in [0.25, 0.3) is 0 Å². The van der Waals surface area contributed by atoms with Gasteiger partial charge in [0, 0.05) is 5.56 Å². The first-order valence-corrected chi connectivity index (χ1v) is 6.01. The predicted molar refractivity (Wildman–Crippen MR) is 68.7 cm³/mol. The minimum Gasteiger partial charge on any atom is -0.492 e. The monoisotopic (exact) mass is 230 g/mol. The summed E-state index contributed by atoms with van der Waals surface area (Å²) < 4.78 is 1.85. The minimum absolute atomic E-state index is 0.153. The molecule has 0 aliphatic carbocycles. The Morgan fingerprint density at radius 2 is 1.88 bits per heavy atom. The quantitative estimate of drug-likeness (QED) is 0.878. The van der Waals surface area contributed by atoms with E-state index in [2.05, 4.69) is 18.9 Å². The van der Waals surface area contributed by atoms with Crippen molar-refractivity contribution >= 4 is 0 Å². The molecule has 0 saturated carbocycles. The third-order valence-electron chi connectivity index (χ3n) is 2.90. The average Bonchev–Trinajstić information content (AvgIpc) is 2.67. The molecule has 1 N–H and O–H groups in total. The van der Waals surface area contributed by atoms with Crippen LogP contribution in [0.2, 0.25) is 0 Å². The second-order valence-electron chi connectivity index (χ2n) is 4.44. The van der Waals surface area contributed by atoms with E-state index in [0.29, 0.717) is 5.92 Å². The summed E-state index contributed by atoms with van der Waals surface area (Å²) in [6, 6.07) is 9.92. The number of rotatable bonds is 3. The van der Waals surface area contributed by atoms with Crippen LogP contribution in [0.5, 0.6) is 5.88 Å². The van der Waals surface area contributed by atoms with Crippen molar-refractivity contribution in [3.05, 3.63) is 41.6 Å². The van der Waals surface area contributed by atoms with Crippen molar-refractivity contribution in [2.75, 3.05) is 0 Å². The van der Waals surface area contributed by atoms with Gasteiger partial charge in [-0.15, -0.1) is 5.10 Å². The molecule has 0 unspecified atom stereocenters. The van der Waals surface area contributed by atoms with Gasteiger partial charge in [0.2, 0.25) is 5.88 Å². The van der Waals surface area contributed by atoms with Crippen molar-refractivity contribution in [1.29, 1.82) is 0 Å². The highest BCUT2D eigenvalue weighted by Crippen LogP contribution is 2.29. The summed E-state index contributed by atoms with van der Waals surface area (Å²) in [6.07, 6.45) is 0.798. The highest BCUT2D eigenvalue weighted by Gasteiger charge is 2.19. The Labute approximate surface area is 102 Å². The average molecular weight is 230 g/mol. The van der Waals surface area contributed by atoms with E-state index in [4.69, 9.17) is 0 Å². The van der Waals surface area contributed by atoms with Crippen molar-refractivity contribution in [2.45, 2.75) is 33.1 Å². The minimum atomic E-state index is 0.153. The van der Waals surface area contributed by atoms with Gasteiger partial charge in [-0.2, -0.15) is 0 Å². The number of para-hydroxylation sites is 1. The normalized spacial score (nSPS) is 11.1. The summed E-state index contributed by atoms with van der Waals surface area (Å²) in [5.74, 6) is 0.485. The van der Waals surface area contributed by atoms with E-state index < -0.39 is 0 Å². The van der Waals surface area contributed by atoms with E-state index in [9.17, 15) is 5.11 Å². The zero-order valence-corrected chi connectivity index (χ0v) is 10.5. The molecule has 90 valence electrons. The summed E-state index contributed by atoms with van der Waals surface area (Å²) >= 11 is 0. The van der Waals surface area contributed by atoms with Crippen molar-refractivity contribution in [2.24, 2.45) is 0 Å². The van der Waals surface area contributed by atoms with Crippen molar-refractivity contribution in [3.8, 4) is 11.6 Å². The van der Waals surface area contributed by atoms with E-state index in [-0.39, 0.29) is 5.88 Å². The second kappa shape index (κ2) is 4.62. The van der Waals surface area contributed by atoms with Crippen LogP contribution in [0.3, 0.4) is 0 Å². The Morgan fingerprint density at radius 1 is 1.24 bits per heavy atom. The van der Waals surface area contributed by atoms with Gasteiger partial charge in [-0.05, 0) is 24.5 Å². The zero-order valence-electron chi connectivity index (χ0n) is 10.5. The predicted octanol–water partition coefficient (Wildman–Crippen LogP) is 3.26. The second-order valence-corrected chi connectivity index (χ2v) is 4.44. The summed E-state index contributed by atoms with van der Waals surface area (Å²) in [5.41, 5.74) is 3.03. The third kappa shape index (κ3) is 2.05. The maximum Gasteiger partial charge on any atom is 0.234 e. The Morgan fingerprint density at radius 3 is 2.41 bits per heavy atom. The van der Waals surface area contributed by atoms with Crippen molar-refractivity contribution < 1.29 is 5.11 Å². The molecular weight excluding hydrogens is 212 g/mol. The first kappa shape index (κ1) is 11.7. The first-order chi connectivity index (χ1) is 8.15. The molecule has 0 bridgehead atoms. The summed E-state index contributed by atoms with van der Waals surface area (Å²) in [6.45, 7) is 6.28. The molecule has 0 amide bonds. The molecule has 0 aliphatic rings. The van der Waals surface area contributed by atoms with Crippen LogP contribution in [-0.4, -0.2) is 14.9 Å². The van der Waals surface area contributed by atoms with Gasteiger partial charge in [0.15, 0.2) is 0 Å². The molecule has 2 rings (SSSR count). The fraction of sp³-hybridized carbons (Fsp3) is 0.357. The smallest absolute Gasteiger partial charge is 0.234 e. The largest absolute Gasteiger partial charge is 0.492 e. The molecule has 1 aromatic heterocycles. The van der Waals surface area contributed by atoms with Gasteiger partial charge in [-0.1, -0.05) is 39.0 Å². The van der Waals surface area contributed by atoms with E-state index >= 15 is 0 Å². The van der Waals surface area contributed by atoms with Crippen LogP contribution < -0.4 is 0 Å². The lowest BCUT2D eigenvalue weighted by Gasteiger charge is -2.11. The van der Waals surface area contributed by atoms with E-state index in [1.807, 2.05) is 41.9 Å². The molecule has 0 radical (unpaired) electrons. The molecule has 0 spiro atoms. The van der Waals surface area contributed by atoms with E-state index in [0.717, 1.165) is 23.4 Å². The summed E-state index contributed by atoms with van der Waals surface area (Å²) in [5, 5.41) is 14.1. The molecule has 0 atom stereocenters. The Balaban J connectivity index is 2.62. The summed E-state index contributed by atoms with van der Waals surface area (Å²) in [4.78, 5) is 0. The first-order valence-electron chi connectivity index (χ1n) is 6.01. The molecule has 1 aromatic carbocycles. The molecule has 0 aliphatic heterocycles. The number of aromatic nitrogens is 2. The lowest BCUT2D eigenvalue weighted by molar-refractivity contribution is 0.443. The van der Waals surface area contributed by atoms with Gasteiger partial charge < -0.3 is 5.11 Å². The van der Waals surface area contributed by atoms with E-state index in [1.54, 1.807) is 0 Å². The number of aromatic hydroxyl groups is 1. The van der Waals surface area contributed by atoms with Crippen LogP contribution >= 0.6 is 0 Å². The highest BCUT2D eigenvalue weighted by atomic mass is 16.3. The van der Waals surface area contributed by atoms with Gasteiger partial charge in [-0.25, -0.2) is 4.68 Å². The van der Waals surface area contributed by atoms with Crippen LogP contribution in [0.1, 0.15) is 37.9 Å². The van der Waals surface area contributed by atoms with Crippen LogP contribution in [0.25, 0.3) is 5.69 Å². The maximum absolute atomic E-state index is 9.89. The van der Waals surface area contributed by atoms with Crippen molar-refractivity contribution in [3.63, 3.8) is 0 Å². The standard InChI is InChI=1S/C14H18N2O/c1-4-12-13(10(2)3)16(15-14(12)17)11-8-6-5-7-9-11/h5-10H,4H2,1-3H3,(H,15,17).